The second-order valence-electron chi connectivity index (χ2n) is 9.76. The zero-order valence-corrected chi connectivity index (χ0v) is 15.5. The molecule has 4 aliphatic carbocycles. The Morgan fingerprint density at radius 1 is 1.16 bits per heavy atom. The van der Waals surface area contributed by atoms with Gasteiger partial charge in [0.1, 0.15) is 11.4 Å². The minimum absolute atomic E-state index is 0.0929. The van der Waals surface area contributed by atoms with Crippen LogP contribution < -0.4 is 0 Å². The van der Waals surface area contributed by atoms with Crippen LogP contribution in [-0.4, -0.2) is 26.9 Å². The summed E-state index contributed by atoms with van der Waals surface area (Å²) < 4.78 is 0. The number of allylic oxidation sites excluding steroid dienone is 1. The summed E-state index contributed by atoms with van der Waals surface area (Å²) in [6, 6.07) is 0. The highest BCUT2D eigenvalue weighted by molar-refractivity contribution is 5.69. The highest BCUT2D eigenvalue weighted by Crippen LogP contribution is 2.67. The highest BCUT2D eigenvalue weighted by Gasteiger charge is 2.65. The average Bonchev–Trinajstić information content (AvgIpc) is 2.74. The van der Waals surface area contributed by atoms with Crippen molar-refractivity contribution in [2.24, 2.45) is 34.5 Å². The molecule has 140 valence electrons. The fraction of sp³-hybridized carbons (Fsp3) is 0.857. The third-order valence-electron chi connectivity index (χ3n) is 8.95. The van der Waals surface area contributed by atoms with E-state index >= 15 is 0 Å². The minimum Gasteiger partial charge on any atom is -0.510 e. The standard InChI is InChI=1S/C21H32O4/c1-19-9-4-3-5-13(19)6-7-14-15(19)8-10-20(2)16(14)11-17(22)21(20,25)12-18(23)24/h11,13-16,22,25H,3-10,12H2,1-2H3,(H,23,24)/t13?,14-,15+,16+,19+,20+,21-/m1/s1. The number of fused-ring (bicyclic) bond motifs is 5. The fourth-order valence-corrected chi connectivity index (χ4v) is 7.45. The van der Waals surface area contributed by atoms with Gasteiger partial charge in [-0.15, -0.1) is 0 Å². The lowest BCUT2D eigenvalue weighted by Crippen LogP contribution is -2.57. The van der Waals surface area contributed by atoms with Gasteiger partial charge in [-0.1, -0.05) is 26.7 Å². The Balaban J connectivity index is 1.68. The molecule has 4 heteroatoms. The molecule has 4 nitrogen and oxygen atoms in total. The van der Waals surface area contributed by atoms with Gasteiger partial charge in [0.2, 0.25) is 0 Å². The summed E-state index contributed by atoms with van der Waals surface area (Å²) in [5.74, 6) is 0.872. The summed E-state index contributed by atoms with van der Waals surface area (Å²) in [5.41, 5.74) is -1.78. The summed E-state index contributed by atoms with van der Waals surface area (Å²) in [5, 5.41) is 31.0. The van der Waals surface area contributed by atoms with Crippen molar-refractivity contribution < 1.29 is 20.1 Å². The molecule has 0 aromatic carbocycles. The molecule has 0 spiro atoms. The Kier molecular flexibility index (Phi) is 3.81. The number of carbonyl (C=O) groups is 1. The second kappa shape index (κ2) is 5.48. The highest BCUT2D eigenvalue weighted by atomic mass is 16.4. The van der Waals surface area contributed by atoms with E-state index in [1.165, 1.54) is 32.1 Å². The predicted octanol–water partition coefficient (Wildman–Crippen LogP) is 4.29. The van der Waals surface area contributed by atoms with Gasteiger partial charge in [0.05, 0.1) is 6.42 Å². The molecule has 0 saturated heterocycles. The molecule has 4 rings (SSSR count). The van der Waals surface area contributed by atoms with Crippen molar-refractivity contribution in [2.45, 2.75) is 77.2 Å². The summed E-state index contributed by atoms with van der Waals surface area (Å²) in [6.07, 6.45) is 11.0. The molecule has 3 saturated carbocycles. The van der Waals surface area contributed by atoms with Crippen LogP contribution in [0.1, 0.15) is 71.6 Å². The normalized spacial score (nSPS) is 51.9. The molecule has 25 heavy (non-hydrogen) atoms. The smallest absolute Gasteiger partial charge is 0.306 e. The SMILES string of the molecule is C[C@]12CCCCC1CC[C@@H]1[C@@H]2CC[C@@]2(C)[C@H]1C=C(O)[C@]2(O)CC(=O)O. The van der Waals surface area contributed by atoms with Crippen LogP contribution in [0.2, 0.25) is 0 Å². The average molecular weight is 348 g/mol. The monoisotopic (exact) mass is 348 g/mol. The van der Waals surface area contributed by atoms with Crippen molar-refractivity contribution in [3.05, 3.63) is 11.8 Å². The van der Waals surface area contributed by atoms with Gasteiger partial charge >= 0.3 is 5.97 Å². The Labute approximate surface area is 150 Å². The maximum absolute atomic E-state index is 11.3. The quantitative estimate of drug-likeness (QED) is 0.696. The molecule has 1 unspecified atom stereocenters. The number of hydrogen-bond acceptors (Lipinski definition) is 3. The lowest BCUT2D eigenvalue weighted by molar-refractivity contribution is -0.167. The number of rotatable bonds is 2. The Hall–Kier alpha value is -1.03. The second-order valence-corrected chi connectivity index (χ2v) is 9.76. The van der Waals surface area contributed by atoms with Gasteiger partial charge in [0, 0.05) is 5.41 Å². The first kappa shape index (κ1) is 17.4. The van der Waals surface area contributed by atoms with Crippen LogP contribution in [0, 0.1) is 34.5 Å². The van der Waals surface area contributed by atoms with Gasteiger partial charge in [0.25, 0.3) is 0 Å². The molecule has 3 N–H and O–H groups in total. The van der Waals surface area contributed by atoms with Crippen LogP contribution in [-0.2, 0) is 4.79 Å². The minimum atomic E-state index is -1.61. The van der Waals surface area contributed by atoms with E-state index in [2.05, 4.69) is 6.92 Å². The number of aliphatic carboxylic acids is 1. The molecule has 0 aromatic heterocycles. The maximum Gasteiger partial charge on any atom is 0.306 e. The zero-order chi connectivity index (χ0) is 18.0. The number of aliphatic hydroxyl groups excluding tert-OH is 1. The Bertz CT molecular complexity index is 613. The summed E-state index contributed by atoms with van der Waals surface area (Å²) in [4.78, 5) is 11.3. The van der Waals surface area contributed by atoms with E-state index in [0.29, 0.717) is 17.3 Å². The van der Waals surface area contributed by atoms with Crippen molar-refractivity contribution in [1.82, 2.24) is 0 Å². The molecule has 0 aliphatic heterocycles. The summed E-state index contributed by atoms with van der Waals surface area (Å²) in [7, 11) is 0. The van der Waals surface area contributed by atoms with Crippen LogP contribution in [0.25, 0.3) is 0 Å². The summed E-state index contributed by atoms with van der Waals surface area (Å²) in [6.45, 7) is 4.49. The van der Waals surface area contributed by atoms with Gasteiger partial charge in [-0.2, -0.15) is 0 Å². The van der Waals surface area contributed by atoms with E-state index in [-0.39, 0.29) is 11.7 Å². The zero-order valence-electron chi connectivity index (χ0n) is 15.5. The van der Waals surface area contributed by atoms with Crippen LogP contribution >= 0.6 is 0 Å². The van der Waals surface area contributed by atoms with Gasteiger partial charge in [-0.3, -0.25) is 4.79 Å². The van der Waals surface area contributed by atoms with Crippen molar-refractivity contribution in [3.8, 4) is 0 Å². The summed E-state index contributed by atoms with van der Waals surface area (Å²) >= 11 is 0. The van der Waals surface area contributed by atoms with E-state index in [9.17, 15) is 20.1 Å². The van der Waals surface area contributed by atoms with Crippen molar-refractivity contribution in [1.29, 1.82) is 0 Å². The molecule has 0 aromatic rings. The molecule has 0 heterocycles. The lowest BCUT2D eigenvalue weighted by Gasteiger charge is -2.61. The first-order chi connectivity index (χ1) is 11.7. The maximum atomic E-state index is 11.3. The number of aliphatic hydroxyl groups is 2. The van der Waals surface area contributed by atoms with Crippen LogP contribution in [0.15, 0.2) is 11.8 Å². The van der Waals surface area contributed by atoms with Gasteiger partial charge in [-0.05, 0) is 73.7 Å². The molecule has 3 fully saturated rings. The number of carboxylic acids is 1. The van der Waals surface area contributed by atoms with Crippen molar-refractivity contribution >= 4 is 5.97 Å². The molecule has 0 bridgehead atoms. The fourth-order valence-electron chi connectivity index (χ4n) is 7.45. The van der Waals surface area contributed by atoms with Gasteiger partial charge in [-0.25, -0.2) is 0 Å². The molecule has 7 atom stereocenters. The third kappa shape index (κ3) is 2.19. The van der Waals surface area contributed by atoms with Gasteiger partial charge in [0.15, 0.2) is 0 Å². The lowest BCUT2D eigenvalue weighted by atomic mass is 9.44. The van der Waals surface area contributed by atoms with Crippen LogP contribution in [0.5, 0.6) is 0 Å². The van der Waals surface area contributed by atoms with E-state index in [1.807, 2.05) is 13.0 Å². The molecule has 0 amide bonds. The molecule has 4 aliphatic rings. The molecular formula is C21H32O4. The Morgan fingerprint density at radius 2 is 1.92 bits per heavy atom. The van der Waals surface area contributed by atoms with E-state index in [4.69, 9.17) is 0 Å². The van der Waals surface area contributed by atoms with Crippen LogP contribution in [0.3, 0.4) is 0 Å². The number of hydrogen-bond donors (Lipinski definition) is 3. The van der Waals surface area contributed by atoms with E-state index in [1.54, 1.807) is 0 Å². The van der Waals surface area contributed by atoms with Gasteiger partial charge < -0.3 is 15.3 Å². The Morgan fingerprint density at radius 3 is 2.64 bits per heavy atom. The molecule has 0 radical (unpaired) electrons. The first-order valence-corrected chi connectivity index (χ1v) is 10.1. The number of carboxylic acid groups (broad SMARTS) is 1. The van der Waals surface area contributed by atoms with Crippen molar-refractivity contribution in [3.63, 3.8) is 0 Å². The third-order valence-corrected chi connectivity index (χ3v) is 8.95. The molecular weight excluding hydrogens is 316 g/mol. The van der Waals surface area contributed by atoms with E-state index in [0.717, 1.165) is 25.2 Å². The first-order valence-electron chi connectivity index (χ1n) is 10.1. The topological polar surface area (TPSA) is 77.8 Å². The van der Waals surface area contributed by atoms with Crippen molar-refractivity contribution in [2.75, 3.05) is 0 Å². The predicted molar refractivity (Wildman–Crippen MR) is 95.0 cm³/mol. The van der Waals surface area contributed by atoms with Crippen LogP contribution in [0.4, 0.5) is 0 Å². The largest absolute Gasteiger partial charge is 0.510 e. The van der Waals surface area contributed by atoms with E-state index < -0.39 is 23.4 Å².